The first-order chi connectivity index (χ1) is 10.1. The van der Waals surface area contributed by atoms with Gasteiger partial charge < -0.3 is 10.1 Å². The number of fused-ring (bicyclic) bond motifs is 1. The van der Waals surface area contributed by atoms with Gasteiger partial charge in [-0.2, -0.15) is 8.78 Å². The molecule has 2 aromatic rings. The minimum atomic E-state index is -3.03. The molecule has 110 valence electrons. The van der Waals surface area contributed by atoms with Crippen molar-refractivity contribution in [1.29, 1.82) is 0 Å². The van der Waals surface area contributed by atoms with E-state index in [2.05, 4.69) is 16.1 Å². The van der Waals surface area contributed by atoms with Crippen molar-refractivity contribution in [3.63, 3.8) is 0 Å². The van der Waals surface area contributed by atoms with E-state index in [4.69, 9.17) is 0 Å². The summed E-state index contributed by atoms with van der Waals surface area (Å²) >= 11 is 0. The Morgan fingerprint density at radius 2 is 1.95 bits per heavy atom. The Morgan fingerprint density at radius 3 is 2.71 bits per heavy atom. The maximum absolute atomic E-state index is 13.7. The summed E-state index contributed by atoms with van der Waals surface area (Å²) in [5.41, 5.74) is 3.04. The van der Waals surface area contributed by atoms with Gasteiger partial charge in [-0.1, -0.05) is 24.3 Å². The maximum atomic E-state index is 13.7. The highest BCUT2D eigenvalue weighted by molar-refractivity contribution is 5.50. The zero-order valence-electron chi connectivity index (χ0n) is 11.2. The van der Waals surface area contributed by atoms with Crippen molar-refractivity contribution < 1.29 is 17.9 Å². The van der Waals surface area contributed by atoms with Crippen molar-refractivity contribution in [3.05, 3.63) is 59.4 Å². The Hall–Kier alpha value is -2.17. The van der Waals surface area contributed by atoms with Gasteiger partial charge in [0, 0.05) is 11.8 Å². The average molecular weight is 293 g/mol. The van der Waals surface area contributed by atoms with Crippen LogP contribution in [0.5, 0.6) is 5.75 Å². The van der Waals surface area contributed by atoms with Gasteiger partial charge in [0.25, 0.3) is 0 Å². The molecule has 3 rings (SSSR count). The topological polar surface area (TPSA) is 21.3 Å². The number of alkyl halides is 2. The second-order valence-corrected chi connectivity index (χ2v) is 4.96. The molecule has 1 unspecified atom stereocenters. The fourth-order valence-corrected chi connectivity index (χ4v) is 2.69. The van der Waals surface area contributed by atoms with Crippen molar-refractivity contribution in [3.8, 4) is 5.75 Å². The lowest BCUT2D eigenvalue weighted by Crippen LogP contribution is -2.08. The summed E-state index contributed by atoms with van der Waals surface area (Å²) < 4.78 is 42.0. The number of rotatable bonds is 4. The molecular weight excluding hydrogens is 279 g/mol. The van der Waals surface area contributed by atoms with E-state index in [1.54, 1.807) is 6.07 Å². The molecule has 0 spiro atoms. The van der Waals surface area contributed by atoms with Crippen LogP contribution in [0.1, 0.15) is 23.6 Å². The summed E-state index contributed by atoms with van der Waals surface area (Å²) in [5.74, 6) is -1.24. The van der Waals surface area contributed by atoms with Crippen molar-refractivity contribution in [2.45, 2.75) is 25.5 Å². The van der Waals surface area contributed by atoms with Gasteiger partial charge in [-0.15, -0.1) is 0 Å². The number of anilines is 1. The fraction of sp³-hybridized carbons (Fsp3) is 0.250. The molecule has 21 heavy (non-hydrogen) atoms. The van der Waals surface area contributed by atoms with E-state index in [0.717, 1.165) is 12.8 Å². The van der Waals surface area contributed by atoms with Gasteiger partial charge in [-0.3, -0.25) is 0 Å². The molecule has 0 saturated carbocycles. The molecule has 5 heteroatoms. The third-order valence-corrected chi connectivity index (χ3v) is 3.62. The van der Waals surface area contributed by atoms with Crippen LogP contribution in [0.2, 0.25) is 0 Å². The quantitative estimate of drug-likeness (QED) is 0.894. The van der Waals surface area contributed by atoms with Crippen LogP contribution in [0.25, 0.3) is 0 Å². The molecule has 0 aliphatic heterocycles. The number of nitrogens with one attached hydrogen (secondary N) is 1. The van der Waals surface area contributed by atoms with E-state index >= 15 is 0 Å². The summed E-state index contributed by atoms with van der Waals surface area (Å²) in [6, 6.07) is 12.1. The van der Waals surface area contributed by atoms with Gasteiger partial charge in [-0.25, -0.2) is 4.39 Å². The third kappa shape index (κ3) is 2.96. The predicted molar refractivity (Wildman–Crippen MR) is 74.2 cm³/mol. The number of ether oxygens (including phenoxy) is 1. The zero-order chi connectivity index (χ0) is 14.8. The Kier molecular flexibility index (Phi) is 3.73. The number of hydrogen-bond acceptors (Lipinski definition) is 2. The highest BCUT2D eigenvalue weighted by Gasteiger charge is 2.22. The molecule has 0 bridgehead atoms. The zero-order valence-corrected chi connectivity index (χ0v) is 11.2. The van der Waals surface area contributed by atoms with E-state index in [0.29, 0.717) is 5.69 Å². The number of hydrogen-bond donors (Lipinski definition) is 1. The van der Waals surface area contributed by atoms with Crippen molar-refractivity contribution in [2.24, 2.45) is 0 Å². The smallest absolute Gasteiger partial charge is 0.387 e. The Bertz CT molecular complexity index is 645. The van der Waals surface area contributed by atoms with Crippen LogP contribution in [-0.2, 0) is 6.42 Å². The van der Waals surface area contributed by atoms with Crippen LogP contribution in [0.4, 0.5) is 18.9 Å². The summed E-state index contributed by atoms with van der Waals surface area (Å²) in [6.45, 7) is -3.03. The summed E-state index contributed by atoms with van der Waals surface area (Å²) in [7, 11) is 0. The van der Waals surface area contributed by atoms with Gasteiger partial charge in [0.1, 0.15) is 0 Å². The molecule has 1 aliphatic carbocycles. The molecule has 0 heterocycles. The van der Waals surface area contributed by atoms with Crippen LogP contribution in [0.3, 0.4) is 0 Å². The molecule has 2 nitrogen and oxygen atoms in total. The van der Waals surface area contributed by atoms with E-state index in [9.17, 15) is 13.2 Å². The first-order valence-corrected chi connectivity index (χ1v) is 6.72. The lowest BCUT2D eigenvalue weighted by molar-refractivity contribution is -0.0521. The second kappa shape index (κ2) is 5.68. The lowest BCUT2D eigenvalue weighted by Gasteiger charge is -2.16. The maximum Gasteiger partial charge on any atom is 0.387 e. The first-order valence-electron chi connectivity index (χ1n) is 6.72. The average Bonchev–Trinajstić information content (AvgIpc) is 2.85. The van der Waals surface area contributed by atoms with Crippen LogP contribution in [0, 0.1) is 5.82 Å². The van der Waals surface area contributed by atoms with Crippen molar-refractivity contribution in [2.75, 3.05) is 5.32 Å². The Morgan fingerprint density at radius 1 is 1.14 bits per heavy atom. The van der Waals surface area contributed by atoms with Gasteiger partial charge in [-0.05, 0) is 36.1 Å². The fourth-order valence-electron chi connectivity index (χ4n) is 2.69. The predicted octanol–water partition coefficient (Wildman–Crippen LogP) is 4.53. The monoisotopic (exact) mass is 293 g/mol. The van der Waals surface area contributed by atoms with E-state index < -0.39 is 18.2 Å². The summed E-state index contributed by atoms with van der Waals surface area (Å²) in [4.78, 5) is 0. The minimum Gasteiger partial charge on any atom is -0.432 e. The summed E-state index contributed by atoms with van der Waals surface area (Å²) in [6.07, 6.45) is 1.90. The molecule has 1 aliphatic rings. The van der Waals surface area contributed by atoms with Crippen LogP contribution >= 0.6 is 0 Å². The molecule has 0 saturated heterocycles. The largest absolute Gasteiger partial charge is 0.432 e. The normalized spacial score (nSPS) is 16.9. The van der Waals surface area contributed by atoms with E-state index in [1.807, 2.05) is 18.2 Å². The third-order valence-electron chi connectivity index (χ3n) is 3.62. The molecular formula is C16H14F3NO. The molecule has 1 N–H and O–H groups in total. The SMILES string of the molecule is Fc1cc(NC2CCc3ccccc32)ccc1OC(F)F. The number of aryl methyl sites for hydroxylation is 1. The van der Waals surface area contributed by atoms with Crippen molar-refractivity contribution >= 4 is 5.69 Å². The molecule has 0 radical (unpaired) electrons. The number of benzene rings is 2. The summed E-state index contributed by atoms with van der Waals surface area (Å²) in [5, 5.41) is 3.24. The van der Waals surface area contributed by atoms with Gasteiger partial charge >= 0.3 is 6.61 Å². The lowest BCUT2D eigenvalue weighted by atomic mass is 10.1. The number of halogens is 3. The minimum absolute atomic E-state index is 0.113. The highest BCUT2D eigenvalue weighted by atomic mass is 19.3. The van der Waals surface area contributed by atoms with Crippen LogP contribution < -0.4 is 10.1 Å². The van der Waals surface area contributed by atoms with Crippen LogP contribution in [0.15, 0.2) is 42.5 Å². The highest BCUT2D eigenvalue weighted by Crippen LogP contribution is 2.34. The van der Waals surface area contributed by atoms with Crippen molar-refractivity contribution in [1.82, 2.24) is 0 Å². The second-order valence-electron chi connectivity index (χ2n) is 4.96. The van der Waals surface area contributed by atoms with Gasteiger partial charge in [0.15, 0.2) is 11.6 Å². The Labute approximate surface area is 120 Å². The molecule has 0 fully saturated rings. The standard InChI is InChI=1S/C16H14F3NO/c17-13-9-11(6-8-15(13)21-16(18)19)20-14-7-5-10-3-1-2-4-12(10)14/h1-4,6,8-9,14,16,20H,5,7H2. The van der Waals surface area contributed by atoms with E-state index in [-0.39, 0.29) is 6.04 Å². The van der Waals surface area contributed by atoms with Gasteiger partial charge in [0.05, 0.1) is 6.04 Å². The molecule has 2 aromatic carbocycles. The molecule has 1 atom stereocenters. The first kappa shape index (κ1) is 13.8. The Balaban J connectivity index is 1.76. The van der Waals surface area contributed by atoms with Gasteiger partial charge in [0.2, 0.25) is 0 Å². The van der Waals surface area contributed by atoms with Crippen LogP contribution in [-0.4, -0.2) is 6.61 Å². The molecule has 0 aromatic heterocycles. The van der Waals surface area contributed by atoms with E-state index in [1.165, 1.54) is 23.3 Å². The molecule has 0 amide bonds.